The fraction of sp³-hybridized carbons (Fsp3) is 0.143. The molecule has 0 spiro atoms. The number of nitrogens with one attached hydrogen (secondary N) is 1. The number of primary sulfonamides is 1. The summed E-state index contributed by atoms with van der Waals surface area (Å²) in [6, 6.07) is 13.5. The summed E-state index contributed by atoms with van der Waals surface area (Å²) in [5.41, 5.74) is 2.81. The van der Waals surface area contributed by atoms with Gasteiger partial charge in [-0.15, -0.1) is 16.8 Å². The lowest BCUT2D eigenvalue weighted by molar-refractivity contribution is -0.115. The third-order valence-corrected chi connectivity index (χ3v) is 6.65. The van der Waals surface area contributed by atoms with Gasteiger partial charge >= 0.3 is 0 Å². The van der Waals surface area contributed by atoms with Crippen molar-refractivity contribution in [3.63, 3.8) is 0 Å². The minimum absolute atomic E-state index is 0.0272. The number of rotatable bonds is 7. The zero-order valence-corrected chi connectivity index (χ0v) is 18.7. The first-order chi connectivity index (χ1) is 15.3. The molecule has 0 bridgehead atoms. The maximum Gasteiger partial charge on any atom is 0.238 e. The van der Waals surface area contributed by atoms with Crippen molar-refractivity contribution >= 4 is 55.4 Å². The second-order valence-electron chi connectivity index (χ2n) is 7.00. The van der Waals surface area contributed by atoms with Gasteiger partial charge in [0.05, 0.1) is 15.7 Å². The molecule has 32 heavy (non-hydrogen) atoms. The predicted octanol–water partition coefficient (Wildman–Crippen LogP) is 2.93. The van der Waals surface area contributed by atoms with Crippen LogP contribution in [0.3, 0.4) is 0 Å². The van der Waals surface area contributed by atoms with E-state index in [2.05, 4.69) is 27.1 Å². The Kier molecular flexibility index (Phi) is 5.96. The molecule has 0 saturated heterocycles. The first-order valence-electron chi connectivity index (χ1n) is 9.61. The van der Waals surface area contributed by atoms with Gasteiger partial charge in [-0.3, -0.25) is 4.79 Å². The van der Waals surface area contributed by atoms with E-state index in [0.717, 1.165) is 10.9 Å². The topological polar surface area (TPSA) is 133 Å². The number of thioether (sulfide) groups is 1. The molecule has 0 fully saturated rings. The van der Waals surface area contributed by atoms with Crippen LogP contribution >= 0.6 is 11.8 Å². The number of hydrogen-bond acceptors (Lipinski definition) is 7. The van der Waals surface area contributed by atoms with E-state index in [4.69, 9.17) is 5.14 Å². The number of hydrogen-bond donors (Lipinski definition) is 2. The SMILES string of the molecule is C=CCn1c2ccccc2c2nnc(SC(C)C(=O)Nc3ccc(S(N)(=O)=O)cc3)nc21. The number of para-hydroxylation sites is 1. The molecule has 3 N–H and O–H groups in total. The molecule has 1 atom stereocenters. The summed E-state index contributed by atoms with van der Waals surface area (Å²) >= 11 is 1.18. The Morgan fingerprint density at radius 3 is 2.62 bits per heavy atom. The van der Waals surface area contributed by atoms with Gasteiger partial charge in [0.25, 0.3) is 0 Å². The number of nitrogens with two attached hydrogens (primary N) is 1. The van der Waals surface area contributed by atoms with Crippen molar-refractivity contribution in [1.29, 1.82) is 0 Å². The molecule has 11 heteroatoms. The lowest BCUT2D eigenvalue weighted by atomic mass is 10.2. The fourth-order valence-corrected chi connectivity index (χ4v) is 4.46. The van der Waals surface area contributed by atoms with Crippen LogP contribution in [0.1, 0.15) is 6.92 Å². The molecule has 1 amide bonds. The quantitative estimate of drug-likeness (QED) is 0.315. The number of carbonyl (C=O) groups is 1. The van der Waals surface area contributed by atoms with Gasteiger partial charge in [0.15, 0.2) is 5.65 Å². The van der Waals surface area contributed by atoms with E-state index in [1.165, 1.54) is 36.0 Å². The molecule has 164 valence electrons. The highest BCUT2D eigenvalue weighted by Crippen LogP contribution is 2.28. The van der Waals surface area contributed by atoms with Crippen LogP contribution in [0.25, 0.3) is 22.1 Å². The van der Waals surface area contributed by atoms with E-state index in [1.54, 1.807) is 13.0 Å². The lowest BCUT2D eigenvalue weighted by Gasteiger charge is -2.11. The van der Waals surface area contributed by atoms with E-state index >= 15 is 0 Å². The first kappa shape index (κ1) is 21.9. The summed E-state index contributed by atoms with van der Waals surface area (Å²) in [5.74, 6) is -0.284. The molecule has 4 rings (SSSR count). The van der Waals surface area contributed by atoms with Crippen molar-refractivity contribution in [3.05, 3.63) is 61.2 Å². The molecule has 0 aliphatic rings. The number of allylic oxidation sites excluding steroid dienone is 1. The molecule has 2 aromatic carbocycles. The number of fused-ring (bicyclic) bond motifs is 3. The second-order valence-corrected chi connectivity index (χ2v) is 9.87. The summed E-state index contributed by atoms with van der Waals surface area (Å²) in [6.45, 7) is 6.11. The Labute approximate surface area is 188 Å². The van der Waals surface area contributed by atoms with Gasteiger partial charge < -0.3 is 9.88 Å². The van der Waals surface area contributed by atoms with Crippen LogP contribution in [0.15, 0.2) is 71.2 Å². The molecule has 0 aliphatic carbocycles. The van der Waals surface area contributed by atoms with Crippen LogP contribution in [-0.2, 0) is 21.4 Å². The van der Waals surface area contributed by atoms with E-state index in [-0.39, 0.29) is 10.8 Å². The van der Waals surface area contributed by atoms with Gasteiger partial charge in [0, 0.05) is 17.6 Å². The third-order valence-electron chi connectivity index (χ3n) is 4.77. The maximum absolute atomic E-state index is 12.6. The van der Waals surface area contributed by atoms with E-state index in [1.807, 2.05) is 28.8 Å². The average Bonchev–Trinajstić information content (AvgIpc) is 3.07. The van der Waals surface area contributed by atoms with Gasteiger partial charge in [-0.1, -0.05) is 36.0 Å². The standard InChI is InChI=1S/C21H20N6O3S2/c1-3-12-27-17-7-5-4-6-16(17)18-19(27)24-21(26-25-18)31-13(2)20(28)23-14-8-10-15(11-9-14)32(22,29)30/h3-11,13H,1,12H2,2H3,(H,23,28)(H2,22,29,30). The monoisotopic (exact) mass is 468 g/mol. The lowest BCUT2D eigenvalue weighted by Crippen LogP contribution is -2.23. The Morgan fingerprint density at radius 1 is 1.22 bits per heavy atom. The molecule has 1 unspecified atom stereocenters. The third kappa shape index (κ3) is 4.35. The van der Waals surface area contributed by atoms with Gasteiger partial charge in [-0.2, -0.15) is 0 Å². The zero-order chi connectivity index (χ0) is 22.9. The number of aromatic nitrogens is 4. The number of benzene rings is 2. The Hall–Kier alpha value is -3.28. The van der Waals surface area contributed by atoms with Crippen LogP contribution in [0, 0.1) is 0 Å². The molecule has 2 heterocycles. The number of carbonyl (C=O) groups excluding carboxylic acids is 1. The zero-order valence-electron chi connectivity index (χ0n) is 17.1. The summed E-state index contributed by atoms with van der Waals surface area (Å²) in [5, 5.41) is 17.2. The first-order valence-corrected chi connectivity index (χ1v) is 12.0. The maximum atomic E-state index is 12.6. The second kappa shape index (κ2) is 8.69. The Balaban J connectivity index is 1.54. The number of sulfonamides is 1. The van der Waals surface area contributed by atoms with E-state index in [0.29, 0.717) is 28.6 Å². The number of anilines is 1. The van der Waals surface area contributed by atoms with Crippen LogP contribution in [0.2, 0.25) is 0 Å². The van der Waals surface area contributed by atoms with Crippen LogP contribution < -0.4 is 10.5 Å². The molecule has 0 saturated carbocycles. The molecule has 9 nitrogen and oxygen atoms in total. The van der Waals surface area contributed by atoms with Gasteiger partial charge in [0.2, 0.25) is 21.1 Å². The van der Waals surface area contributed by atoms with Crippen molar-refractivity contribution in [2.75, 3.05) is 5.32 Å². The van der Waals surface area contributed by atoms with Crippen molar-refractivity contribution in [1.82, 2.24) is 19.7 Å². The van der Waals surface area contributed by atoms with Crippen LogP contribution in [0.4, 0.5) is 5.69 Å². The summed E-state index contributed by atoms with van der Waals surface area (Å²) in [6.07, 6.45) is 1.79. The molecule has 0 radical (unpaired) electrons. The normalized spacial score (nSPS) is 12.7. The fourth-order valence-electron chi connectivity index (χ4n) is 3.24. The van der Waals surface area contributed by atoms with Crippen molar-refractivity contribution in [3.8, 4) is 0 Å². The summed E-state index contributed by atoms with van der Waals surface area (Å²) in [7, 11) is -3.79. The van der Waals surface area contributed by atoms with Gasteiger partial charge in [-0.25, -0.2) is 18.5 Å². The largest absolute Gasteiger partial charge is 0.325 e. The smallest absolute Gasteiger partial charge is 0.238 e. The van der Waals surface area contributed by atoms with Crippen LogP contribution in [-0.4, -0.2) is 39.3 Å². The highest BCUT2D eigenvalue weighted by atomic mass is 32.2. The molecule has 0 aliphatic heterocycles. The Morgan fingerprint density at radius 2 is 1.94 bits per heavy atom. The summed E-state index contributed by atoms with van der Waals surface area (Å²) in [4.78, 5) is 17.2. The van der Waals surface area contributed by atoms with Gasteiger partial charge in [0.1, 0.15) is 5.52 Å². The number of amides is 1. The van der Waals surface area contributed by atoms with E-state index in [9.17, 15) is 13.2 Å². The van der Waals surface area contributed by atoms with Gasteiger partial charge in [-0.05, 0) is 37.3 Å². The van der Waals surface area contributed by atoms with Crippen molar-refractivity contribution in [2.24, 2.45) is 5.14 Å². The molecular weight excluding hydrogens is 448 g/mol. The van der Waals surface area contributed by atoms with Crippen molar-refractivity contribution < 1.29 is 13.2 Å². The molecular formula is C21H20N6O3S2. The van der Waals surface area contributed by atoms with E-state index < -0.39 is 15.3 Å². The molecule has 2 aromatic heterocycles. The average molecular weight is 469 g/mol. The summed E-state index contributed by atoms with van der Waals surface area (Å²) < 4.78 is 24.7. The number of nitrogens with zero attached hydrogens (tertiary/aromatic N) is 4. The molecule has 4 aromatic rings. The minimum Gasteiger partial charge on any atom is -0.325 e. The van der Waals surface area contributed by atoms with Crippen LogP contribution in [0.5, 0.6) is 0 Å². The highest BCUT2D eigenvalue weighted by Gasteiger charge is 2.19. The minimum atomic E-state index is -3.79. The van der Waals surface area contributed by atoms with Crippen molar-refractivity contribution in [2.45, 2.75) is 28.8 Å². The highest BCUT2D eigenvalue weighted by molar-refractivity contribution is 8.00. The Bertz CT molecular complexity index is 1430. The predicted molar refractivity (Wildman–Crippen MR) is 125 cm³/mol.